The molecule has 1 aromatic heterocycles. The summed E-state index contributed by atoms with van der Waals surface area (Å²) in [5.41, 5.74) is 0. The summed E-state index contributed by atoms with van der Waals surface area (Å²) in [6.45, 7) is 3.25. The fraction of sp³-hybridized carbons (Fsp3) is 0.727. The molecule has 1 aromatic rings. The van der Waals surface area contributed by atoms with Gasteiger partial charge >= 0.3 is 0 Å². The van der Waals surface area contributed by atoms with Gasteiger partial charge in [0.2, 0.25) is 0 Å². The molecule has 0 unspecified atom stereocenters. The summed E-state index contributed by atoms with van der Waals surface area (Å²) < 4.78 is 0. The molecule has 0 aliphatic rings. The topological polar surface area (TPSA) is 24.9 Å². The van der Waals surface area contributed by atoms with Gasteiger partial charge in [-0.25, -0.2) is 4.98 Å². The van der Waals surface area contributed by atoms with Crippen LogP contribution >= 0.6 is 22.9 Å². The molecular formula is C11H19ClN2S. The van der Waals surface area contributed by atoms with Crippen LogP contribution in [0, 0.1) is 0 Å². The second kappa shape index (κ2) is 7.94. The number of halogens is 1. The van der Waals surface area contributed by atoms with Crippen molar-refractivity contribution in [3.8, 4) is 0 Å². The number of hydrogen-bond donors (Lipinski definition) is 1. The molecule has 15 heavy (non-hydrogen) atoms. The Bertz CT molecular complexity index is 263. The lowest BCUT2D eigenvalue weighted by Crippen LogP contribution is -2.00. The van der Waals surface area contributed by atoms with Crippen LogP contribution in [0.1, 0.15) is 45.4 Å². The van der Waals surface area contributed by atoms with Crippen molar-refractivity contribution >= 4 is 28.1 Å². The molecule has 1 heterocycles. The number of nitrogens with zero attached hydrogens (tertiary/aromatic N) is 1. The predicted molar refractivity (Wildman–Crippen MR) is 69.0 cm³/mol. The Hall–Kier alpha value is -0.280. The Balaban J connectivity index is 1.93. The second-order valence-electron chi connectivity index (χ2n) is 3.67. The molecule has 0 aliphatic heterocycles. The molecule has 0 aliphatic carbocycles. The highest BCUT2D eigenvalue weighted by Gasteiger charge is 1.97. The van der Waals surface area contributed by atoms with Crippen LogP contribution in [-0.4, -0.2) is 11.5 Å². The Morgan fingerprint density at radius 3 is 2.67 bits per heavy atom. The average Bonchev–Trinajstić information content (AvgIpc) is 2.63. The summed E-state index contributed by atoms with van der Waals surface area (Å²) in [5.74, 6) is 0. The Morgan fingerprint density at radius 1 is 1.27 bits per heavy atom. The highest BCUT2D eigenvalue weighted by atomic mass is 35.5. The smallest absolute Gasteiger partial charge is 0.184 e. The molecule has 0 atom stereocenters. The van der Waals surface area contributed by atoms with Crippen LogP contribution < -0.4 is 5.32 Å². The molecule has 0 radical (unpaired) electrons. The van der Waals surface area contributed by atoms with Crippen molar-refractivity contribution in [3.63, 3.8) is 0 Å². The van der Waals surface area contributed by atoms with E-state index in [2.05, 4.69) is 17.2 Å². The number of unbranched alkanes of at least 4 members (excludes halogenated alkanes) is 5. The van der Waals surface area contributed by atoms with Gasteiger partial charge < -0.3 is 5.32 Å². The van der Waals surface area contributed by atoms with Crippen LogP contribution in [0.5, 0.6) is 0 Å². The molecule has 86 valence electrons. The number of hydrogen-bond acceptors (Lipinski definition) is 3. The van der Waals surface area contributed by atoms with Crippen LogP contribution in [0.2, 0.25) is 5.15 Å². The molecule has 0 aromatic carbocycles. The number of aromatic nitrogens is 1. The normalized spacial score (nSPS) is 10.5. The average molecular weight is 247 g/mol. The minimum Gasteiger partial charge on any atom is -0.361 e. The standard InChI is InChI=1S/C11H19ClN2S/c1-2-3-4-5-6-7-8-13-11-14-10(12)9-15-11/h9H,2-8H2,1H3,(H,13,14). The fourth-order valence-corrected chi connectivity index (χ4v) is 2.30. The predicted octanol–water partition coefficient (Wildman–Crippen LogP) is 4.57. The van der Waals surface area contributed by atoms with Gasteiger partial charge in [-0.05, 0) is 6.42 Å². The van der Waals surface area contributed by atoms with Crippen molar-refractivity contribution in [2.45, 2.75) is 45.4 Å². The van der Waals surface area contributed by atoms with Gasteiger partial charge in [0.05, 0.1) is 0 Å². The Labute approximate surface area is 101 Å². The van der Waals surface area contributed by atoms with E-state index in [1.807, 2.05) is 5.38 Å². The maximum Gasteiger partial charge on any atom is 0.184 e. The minimum absolute atomic E-state index is 0.588. The summed E-state index contributed by atoms with van der Waals surface area (Å²) in [6, 6.07) is 0. The van der Waals surface area contributed by atoms with Gasteiger partial charge in [-0.2, -0.15) is 0 Å². The first-order valence-corrected chi connectivity index (χ1v) is 6.93. The first kappa shape index (κ1) is 12.8. The first-order valence-electron chi connectivity index (χ1n) is 5.68. The van der Waals surface area contributed by atoms with E-state index in [1.54, 1.807) is 11.3 Å². The van der Waals surface area contributed by atoms with E-state index < -0.39 is 0 Å². The Morgan fingerprint density at radius 2 is 2.00 bits per heavy atom. The molecular weight excluding hydrogens is 228 g/mol. The third-order valence-corrected chi connectivity index (χ3v) is 3.41. The summed E-state index contributed by atoms with van der Waals surface area (Å²) in [4.78, 5) is 4.13. The highest BCUT2D eigenvalue weighted by molar-refractivity contribution is 7.14. The quantitative estimate of drug-likeness (QED) is 0.680. The minimum atomic E-state index is 0.588. The fourth-order valence-electron chi connectivity index (χ4n) is 1.44. The molecule has 0 saturated heterocycles. The van der Waals surface area contributed by atoms with E-state index in [1.165, 1.54) is 38.5 Å². The van der Waals surface area contributed by atoms with Crippen molar-refractivity contribution in [2.75, 3.05) is 11.9 Å². The SMILES string of the molecule is CCCCCCCCNc1nc(Cl)cs1. The molecule has 0 bridgehead atoms. The number of nitrogens with one attached hydrogen (secondary N) is 1. The molecule has 4 heteroatoms. The largest absolute Gasteiger partial charge is 0.361 e. The van der Waals surface area contributed by atoms with E-state index in [4.69, 9.17) is 11.6 Å². The lowest BCUT2D eigenvalue weighted by atomic mass is 10.1. The number of rotatable bonds is 8. The van der Waals surface area contributed by atoms with Crippen molar-refractivity contribution in [3.05, 3.63) is 10.5 Å². The van der Waals surface area contributed by atoms with Crippen molar-refractivity contribution in [2.24, 2.45) is 0 Å². The lowest BCUT2D eigenvalue weighted by Gasteiger charge is -2.02. The summed E-state index contributed by atoms with van der Waals surface area (Å²) in [6.07, 6.45) is 7.95. The van der Waals surface area contributed by atoms with Gasteiger partial charge in [-0.3, -0.25) is 0 Å². The van der Waals surface area contributed by atoms with Crippen LogP contribution in [0.3, 0.4) is 0 Å². The maximum absolute atomic E-state index is 5.72. The van der Waals surface area contributed by atoms with E-state index in [0.29, 0.717) is 5.15 Å². The van der Waals surface area contributed by atoms with E-state index in [0.717, 1.165) is 11.7 Å². The molecule has 0 amide bonds. The van der Waals surface area contributed by atoms with Gasteiger partial charge in [0.15, 0.2) is 5.13 Å². The zero-order valence-electron chi connectivity index (χ0n) is 9.26. The van der Waals surface area contributed by atoms with Crippen LogP contribution in [0.4, 0.5) is 5.13 Å². The zero-order chi connectivity index (χ0) is 10.9. The summed E-state index contributed by atoms with van der Waals surface area (Å²) in [7, 11) is 0. The van der Waals surface area contributed by atoms with E-state index in [-0.39, 0.29) is 0 Å². The first-order chi connectivity index (χ1) is 7.33. The third kappa shape index (κ3) is 6.00. The maximum atomic E-state index is 5.72. The van der Waals surface area contributed by atoms with Gasteiger partial charge in [-0.15, -0.1) is 11.3 Å². The summed E-state index contributed by atoms with van der Waals surface area (Å²) in [5, 5.41) is 6.66. The molecule has 0 fully saturated rings. The molecule has 0 spiro atoms. The monoisotopic (exact) mass is 246 g/mol. The molecule has 1 N–H and O–H groups in total. The molecule has 1 rings (SSSR count). The van der Waals surface area contributed by atoms with E-state index >= 15 is 0 Å². The summed E-state index contributed by atoms with van der Waals surface area (Å²) >= 11 is 7.28. The van der Waals surface area contributed by atoms with Crippen LogP contribution in [-0.2, 0) is 0 Å². The highest BCUT2D eigenvalue weighted by Crippen LogP contribution is 2.18. The van der Waals surface area contributed by atoms with Crippen LogP contribution in [0.15, 0.2) is 5.38 Å². The van der Waals surface area contributed by atoms with Gasteiger partial charge in [0, 0.05) is 11.9 Å². The zero-order valence-corrected chi connectivity index (χ0v) is 10.8. The number of thiazole rings is 1. The van der Waals surface area contributed by atoms with E-state index in [9.17, 15) is 0 Å². The lowest BCUT2D eigenvalue weighted by molar-refractivity contribution is 0.617. The second-order valence-corrected chi connectivity index (χ2v) is 4.92. The Kier molecular flexibility index (Phi) is 6.77. The van der Waals surface area contributed by atoms with Crippen LogP contribution in [0.25, 0.3) is 0 Å². The molecule has 2 nitrogen and oxygen atoms in total. The molecule has 0 saturated carbocycles. The van der Waals surface area contributed by atoms with Gasteiger partial charge in [0.1, 0.15) is 5.15 Å². The van der Waals surface area contributed by atoms with Crippen molar-refractivity contribution in [1.29, 1.82) is 0 Å². The van der Waals surface area contributed by atoms with Gasteiger partial charge in [-0.1, -0.05) is 50.6 Å². The van der Waals surface area contributed by atoms with Gasteiger partial charge in [0.25, 0.3) is 0 Å². The number of anilines is 1. The third-order valence-electron chi connectivity index (χ3n) is 2.28. The van der Waals surface area contributed by atoms with Crippen molar-refractivity contribution < 1.29 is 0 Å². The van der Waals surface area contributed by atoms with Crippen molar-refractivity contribution in [1.82, 2.24) is 4.98 Å².